The summed E-state index contributed by atoms with van der Waals surface area (Å²) in [5.74, 6) is 0. The number of rotatable bonds is 15. The van der Waals surface area contributed by atoms with E-state index in [1.54, 1.807) is 11.8 Å². The van der Waals surface area contributed by atoms with Gasteiger partial charge in [0.1, 0.15) is 0 Å². The molecule has 0 aliphatic carbocycles. The van der Waals surface area contributed by atoms with E-state index in [1.165, 1.54) is 96.3 Å². The second kappa shape index (κ2) is 20.7. The molecule has 0 unspecified atom stereocenters. The first-order valence-corrected chi connectivity index (χ1v) is 11.4. The van der Waals surface area contributed by atoms with Gasteiger partial charge < -0.3 is 5.11 Å². The summed E-state index contributed by atoms with van der Waals surface area (Å²) in [6.07, 6.45) is 21.6. The lowest BCUT2D eigenvalue weighted by Crippen LogP contribution is -1.84. The molecule has 1 N–H and O–H groups in total. The molecule has 142 valence electrons. The highest BCUT2D eigenvalue weighted by molar-refractivity contribution is 7.09. The van der Waals surface area contributed by atoms with Gasteiger partial charge in [-0.05, 0) is 31.2 Å². The zero-order valence-electron chi connectivity index (χ0n) is 16.4. The van der Waals surface area contributed by atoms with Crippen molar-refractivity contribution in [2.45, 2.75) is 110 Å². The van der Waals surface area contributed by atoms with E-state index in [1.807, 2.05) is 11.3 Å². The van der Waals surface area contributed by atoms with E-state index in [4.69, 9.17) is 5.11 Å². The second-order valence-corrected chi connectivity index (χ2v) is 7.77. The summed E-state index contributed by atoms with van der Waals surface area (Å²) in [4.78, 5) is 1.56. The average Bonchev–Trinajstić information content (AvgIpc) is 3.09. The first-order chi connectivity index (χ1) is 11.8. The predicted molar refractivity (Wildman–Crippen MR) is 111 cm³/mol. The molecular formula is C22H42OS. The van der Waals surface area contributed by atoms with Crippen LogP contribution in [0.5, 0.6) is 0 Å². The molecular weight excluding hydrogens is 312 g/mol. The Kier molecular flexibility index (Phi) is 20.4. The van der Waals surface area contributed by atoms with Crippen LogP contribution in [-0.4, -0.2) is 11.7 Å². The summed E-state index contributed by atoms with van der Waals surface area (Å²) in [6, 6.07) is 4.44. The Labute approximate surface area is 155 Å². The fourth-order valence-electron chi connectivity index (χ4n) is 2.95. The molecule has 1 nitrogen and oxygen atoms in total. The van der Waals surface area contributed by atoms with Crippen molar-refractivity contribution < 1.29 is 5.11 Å². The van der Waals surface area contributed by atoms with E-state index in [2.05, 4.69) is 24.4 Å². The van der Waals surface area contributed by atoms with Gasteiger partial charge in [0.25, 0.3) is 0 Å². The van der Waals surface area contributed by atoms with E-state index < -0.39 is 0 Å². The minimum atomic E-state index is 0.250. The molecule has 1 rings (SSSR count). The highest BCUT2D eigenvalue weighted by atomic mass is 32.1. The van der Waals surface area contributed by atoms with Crippen LogP contribution in [0.15, 0.2) is 17.5 Å². The molecule has 0 radical (unpaired) electrons. The van der Waals surface area contributed by atoms with Crippen LogP contribution in [-0.2, 0) is 6.42 Å². The Bertz CT molecular complexity index is 308. The van der Waals surface area contributed by atoms with E-state index in [0.29, 0.717) is 0 Å². The Hall–Kier alpha value is -0.340. The highest BCUT2D eigenvalue weighted by Gasteiger charge is 1.95. The molecule has 0 aliphatic heterocycles. The first-order valence-electron chi connectivity index (χ1n) is 10.5. The van der Waals surface area contributed by atoms with Crippen molar-refractivity contribution >= 4 is 11.3 Å². The van der Waals surface area contributed by atoms with Gasteiger partial charge in [-0.2, -0.15) is 0 Å². The maximum Gasteiger partial charge on any atom is 0.0402 e. The standard InChI is InChI=1S/C20H36S.C2H6O/c1-2-3-4-5-6-7-8-9-10-11-12-13-14-15-17-20-18-16-19-21-20;1-2-3/h16,18-19H,2-15,17H2,1H3;3H,2H2,1H3. The lowest BCUT2D eigenvalue weighted by molar-refractivity contribution is 0.318. The van der Waals surface area contributed by atoms with Crippen molar-refractivity contribution in [3.05, 3.63) is 22.4 Å². The quantitative estimate of drug-likeness (QED) is 0.319. The minimum absolute atomic E-state index is 0.250. The molecule has 24 heavy (non-hydrogen) atoms. The number of hydrogen-bond donors (Lipinski definition) is 1. The number of aliphatic hydroxyl groups excluding tert-OH is 1. The smallest absolute Gasteiger partial charge is 0.0402 e. The van der Waals surface area contributed by atoms with Crippen molar-refractivity contribution in [3.63, 3.8) is 0 Å². The Balaban J connectivity index is 0.00000163. The van der Waals surface area contributed by atoms with Crippen LogP contribution < -0.4 is 0 Å². The number of hydrogen-bond acceptors (Lipinski definition) is 2. The van der Waals surface area contributed by atoms with Crippen LogP contribution >= 0.6 is 11.3 Å². The number of thiophene rings is 1. The lowest BCUT2D eigenvalue weighted by atomic mass is 10.0. The van der Waals surface area contributed by atoms with Gasteiger partial charge in [0, 0.05) is 11.5 Å². The van der Waals surface area contributed by atoms with Crippen LogP contribution in [0.3, 0.4) is 0 Å². The molecule has 0 aliphatic rings. The lowest BCUT2D eigenvalue weighted by Gasteiger charge is -2.03. The molecule has 1 heterocycles. The third kappa shape index (κ3) is 18.0. The van der Waals surface area contributed by atoms with Crippen molar-refractivity contribution in [2.24, 2.45) is 0 Å². The summed E-state index contributed by atoms with van der Waals surface area (Å²) in [7, 11) is 0. The number of aliphatic hydroxyl groups is 1. The molecule has 2 heteroatoms. The van der Waals surface area contributed by atoms with Crippen molar-refractivity contribution in [2.75, 3.05) is 6.61 Å². The maximum absolute atomic E-state index is 7.57. The van der Waals surface area contributed by atoms with Crippen molar-refractivity contribution in [1.82, 2.24) is 0 Å². The van der Waals surface area contributed by atoms with E-state index in [0.717, 1.165) is 0 Å². The molecule has 0 atom stereocenters. The van der Waals surface area contributed by atoms with Crippen molar-refractivity contribution in [1.29, 1.82) is 0 Å². The molecule has 0 amide bonds. The first kappa shape index (κ1) is 23.7. The fraction of sp³-hybridized carbons (Fsp3) is 0.818. The Morgan fingerprint density at radius 3 is 1.50 bits per heavy atom. The van der Waals surface area contributed by atoms with E-state index >= 15 is 0 Å². The van der Waals surface area contributed by atoms with Gasteiger partial charge >= 0.3 is 0 Å². The third-order valence-electron chi connectivity index (χ3n) is 4.36. The molecule has 0 aromatic carbocycles. The molecule has 0 fully saturated rings. The summed E-state index contributed by atoms with van der Waals surface area (Å²) in [5, 5.41) is 9.76. The molecule has 1 aromatic rings. The topological polar surface area (TPSA) is 20.2 Å². The van der Waals surface area contributed by atoms with Crippen LogP contribution in [0.2, 0.25) is 0 Å². The number of unbranched alkanes of at least 4 members (excludes halogenated alkanes) is 13. The largest absolute Gasteiger partial charge is 0.397 e. The summed E-state index contributed by atoms with van der Waals surface area (Å²) < 4.78 is 0. The van der Waals surface area contributed by atoms with Gasteiger partial charge in [-0.15, -0.1) is 11.3 Å². The predicted octanol–water partition coefficient (Wildman–Crippen LogP) is 7.77. The van der Waals surface area contributed by atoms with E-state index in [-0.39, 0.29) is 6.61 Å². The summed E-state index contributed by atoms with van der Waals surface area (Å²) in [6.45, 7) is 4.22. The normalized spacial score (nSPS) is 10.5. The minimum Gasteiger partial charge on any atom is -0.397 e. The highest BCUT2D eigenvalue weighted by Crippen LogP contribution is 2.15. The van der Waals surface area contributed by atoms with Crippen LogP contribution in [0.25, 0.3) is 0 Å². The molecule has 0 spiro atoms. The van der Waals surface area contributed by atoms with Gasteiger partial charge in [0.2, 0.25) is 0 Å². The second-order valence-electron chi connectivity index (χ2n) is 6.74. The van der Waals surface area contributed by atoms with Gasteiger partial charge in [-0.25, -0.2) is 0 Å². The third-order valence-corrected chi connectivity index (χ3v) is 5.29. The fourth-order valence-corrected chi connectivity index (χ4v) is 3.70. The Morgan fingerprint density at radius 1 is 0.708 bits per heavy atom. The molecule has 0 saturated heterocycles. The average molecular weight is 355 g/mol. The maximum atomic E-state index is 7.57. The van der Waals surface area contributed by atoms with Gasteiger partial charge in [0.15, 0.2) is 0 Å². The van der Waals surface area contributed by atoms with Gasteiger partial charge in [-0.3, -0.25) is 0 Å². The van der Waals surface area contributed by atoms with Crippen LogP contribution in [0.1, 0.15) is 109 Å². The SMILES string of the molecule is CCCCCCCCCCCCCCCCc1cccs1.CCO. The van der Waals surface area contributed by atoms with Crippen LogP contribution in [0, 0.1) is 0 Å². The van der Waals surface area contributed by atoms with Crippen molar-refractivity contribution in [3.8, 4) is 0 Å². The zero-order valence-corrected chi connectivity index (χ0v) is 17.2. The monoisotopic (exact) mass is 354 g/mol. The van der Waals surface area contributed by atoms with Gasteiger partial charge in [0.05, 0.1) is 0 Å². The van der Waals surface area contributed by atoms with Gasteiger partial charge in [-0.1, -0.05) is 96.5 Å². The van der Waals surface area contributed by atoms with Crippen LogP contribution in [0.4, 0.5) is 0 Å². The van der Waals surface area contributed by atoms with E-state index in [9.17, 15) is 0 Å². The summed E-state index contributed by atoms with van der Waals surface area (Å²) in [5.41, 5.74) is 0. The summed E-state index contributed by atoms with van der Waals surface area (Å²) >= 11 is 1.91. The molecule has 1 aromatic heterocycles. The number of aryl methyl sites for hydroxylation is 1. The molecule has 0 saturated carbocycles. The zero-order chi connectivity index (χ0) is 17.7. The Morgan fingerprint density at radius 2 is 1.12 bits per heavy atom. The molecule has 0 bridgehead atoms.